The van der Waals surface area contributed by atoms with Gasteiger partial charge in [-0.3, -0.25) is 4.79 Å². The summed E-state index contributed by atoms with van der Waals surface area (Å²) in [6.07, 6.45) is 1.91. The molecule has 1 aliphatic carbocycles. The second kappa shape index (κ2) is 4.97. The van der Waals surface area contributed by atoms with E-state index in [4.69, 9.17) is 5.11 Å². The van der Waals surface area contributed by atoms with Gasteiger partial charge in [-0.2, -0.15) is 0 Å². The van der Waals surface area contributed by atoms with E-state index in [2.05, 4.69) is 33.0 Å². The second-order valence-corrected chi connectivity index (χ2v) is 6.60. The van der Waals surface area contributed by atoms with Gasteiger partial charge in [-0.1, -0.05) is 34.6 Å². The van der Waals surface area contributed by atoms with Crippen molar-refractivity contribution < 1.29 is 9.90 Å². The molecule has 0 aromatic heterocycles. The molecule has 0 heterocycles. The van der Waals surface area contributed by atoms with Gasteiger partial charge in [0.05, 0.1) is 0 Å². The van der Waals surface area contributed by atoms with Crippen molar-refractivity contribution in [3.63, 3.8) is 0 Å². The molecule has 1 rings (SSSR count). The molecule has 1 fully saturated rings. The molecule has 3 nitrogen and oxygen atoms in total. The molecule has 2 N–H and O–H groups in total. The Bertz CT molecular complexity index is 270. The van der Waals surface area contributed by atoms with Crippen LogP contribution in [0.2, 0.25) is 0 Å². The number of aliphatic hydroxyl groups is 1. The van der Waals surface area contributed by atoms with Crippen molar-refractivity contribution in [3.8, 4) is 0 Å². The van der Waals surface area contributed by atoms with Crippen molar-refractivity contribution in [3.05, 3.63) is 0 Å². The Kier molecular flexibility index (Phi) is 4.23. The summed E-state index contributed by atoms with van der Waals surface area (Å²) < 4.78 is 0. The number of nitrogens with one attached hydrogen (secondary N) is 1. The summed E-state index contributed by atoms with van der Waals surface area (Å²) in [6.45, 7) is 11.6. The van der Waals surface area contributed by atoms with E-state index in [0.29, 0.717) is 5.92 Å². The summed E-state index contributed by atoms with van der Waals surface area (Å²) in [6, 6.07) is 0. The van der Waals surface area contributed by atoms with E-state index in [1.807, 2.05) is 6.92 Å². The maximum absolute atomic E-state index is 12.0. The quantitative estimate of drug-likeness (QED) is 0.700. The highest BCUT2D eigenvalue weighted by atomic mass is 16.3. The molecule has 100 valence electrons. The first kappa shape index (κ1) is 14.5. The largest absolute Gasteiger partial charge is 0.396 e. The van der Waals surface area contributed by atoms with Crippen LogP contribution >= 0.6 is 0 Å². The van der Waals surface area contributed by atoms with Crippen LogP contribution in [-0.4, -0.2) is 24.2 Å². The second-order valence-electron chi connectivity index (χ2n) is 6.60. The minimum Gasteiger partial charge on any atom is -0.396 e. The van der Waals surface area contributed by atoms with Crippen LogP contribution in [0.15, 0.2) is 0 Å². The Morgan fingerprint density at radius 1 is 1.29 bits per heavy atom. The van der Waals surface area contributed by atoms with Crippen LogP contribution in [0.4, 0.5) is 0 Å². The maximum Gasteiger partial charge on any atom is 0.224 e. The number of rotatable bonds is 6. The van der Waals surface area contributed by atoms with E-state index in [0.717, 1.165) is 19.4 Å². The predicted octanol–water partition coefficient (Wildman–Crippen LogP) is 2.19. The van der Waals surface area contributed by atoms with Crippen molar-refractivity contribution in [1.29, 1.82) is 0 Å². The number of amides is 1. The summed E-state index contributed by atoms with van der Waals surface area (Å²) in [5.41, 5.74) is 0.241. The van der Waals surface area contributed by atoms with Crippen LogP contribution in [0, 0.1) is 22.7 Å². The lowest BCUT2D eigenvalue weighted by Crippen LogP contribution is -2.28. The van der Waals surface area contributed by atoms with Crippen LogP contribution in [-0.2, 0) is 4.79 Å². The average Bonchev–Trinajstić information content (AvgIpc) is 2.64. The van der Waals surface area contributed by atoms with Gasteiger partial charge in [-0.05, 0) is 29.6 Å². The molecule has 1 unspecified atom stereocenters. The highest BCUT2D eigenvalue weighted by Gasteiger charge is 2.68. The number of hydrogen-bond acceptors (Lipinski definition) is 2. The van der Waals surface area contributed by atoms with Gasteiger partial charge in [0.25, 0.3) is 0 Å². The van der Waals surface area contributed by atoms with Gasteiger partial charge >= 0.3 is 0 Å². The Morgan fingerprint density at radius 3 is 2.24 bits per heavy atom. The molecule has 0 aromatic rings. The Morgan fingerprint density at radius 2 is 1.82 bits per heavy atom. The highest BCUT2D eigenvalue weighted by Crippen LogP contribution is 2.68. The van der Waals surface area contributed by atoms with E-state index >= 15 is 0 Å². The van der Waals surface area contributed by atoms with E-state index in [-0.39, 0.29) is 29.3 Å². The zero-order chi connectivity index (χ0) is 13.3. The van der Waals surface area contributed by atoms with Crippen molar-refractivity contribution in [1.82, 2.24) is 5.32 Å². The van der Waals surface area contributed by atoms with Gasteiger partial charge in [-0.15, -0.1) is 0 Å². The molecule has 0 aromatic carbocycles. The smallest absolute Gasteiger partial charge is 0.224 e. The fraction of sp³-hybridized carbons (Fsp3) is 0.929. The van der Waals surface area contributed by atoms with Gasteiger partial charge in [0.1, 0.15) is 0 Å². The van der Waals surface area contributed by atoms with Gasteiger partial charge in [0.2, 0.25) is 5.91 Å². The van der Waals surface area contributed by atoms with E-state index in [1.165, 1.54) is 0 Å². The Hall–Kier alpha value is -0.570. The standard InChI is InChI=1S/C14H27NO2/c1-10(9-16)7-6-8-15-12(17)11-13(2,3)14(11,4)5/h10-11,16H,6-9H2,1-5H3,(H,15,17). The van der Waals surface area contributed by atoms with Crippen molar-refractivity contribution in [2.45, 2.75) is 47.5 Å². The summed E-state index contributed by atoms with van der Waals surface area (Å²) in [5.74, 6) is 0.669. The molecule has 1 amide bonds. The van der Waals surface area contributed by atoms with E-state index in [9.17, 15) is 4.79 Å². The van der Waals surface area contributed by atoms with Crippen molar-refractivity contribution in [2.24, 2.45) is 22.7 Å². The number of hydrogen-bond donors (Lipinski definition) is 2. The molecule has 0 saturated heterocycles. The zero-order valence-electron chi connectivity index (χ0n) is 11.8. The summed E-state index contributed by atoms with van der Waals surface area (Å²) >= 11 is 0. The maximum atomic E-state index is 12.0. The van der Waals surface area contributed by atoms with Gasteiger partial charge < -0.3 is 10.4 Å². The molecule has 1 atom stereocenters. The minimum atomic E-state index is 0.121. The topological polar surface area (TPSA) is 49.3 Å². The molecular weight excluding hydrogens is 214 g/mol. The Balaban J connectivity index is 2.24. The number of carbonyl (C=O) groups excluding carboxylic acids is 1. The molecule has 1 saturated carbocycles. The average molecular weight is 241 g/mol. The predicted molar refractivity (Wildman–Crippen MR) is 69.5 cm³/mol. The van der Waals surface area contributed by atoms with Gasteiger partial charge in [-0.25, -0.2) is 0 Å². The SMILES string of the molecule is CC(CO)CCCNC(=O)C1C(C)(C)C1(C)C. The van der Waals surface area contributed by atoms with Crippen LogP contribution in [0.5, 0.6) is 0 Å². The lowest BCUT2D eigenvalue weighted by atomic mass is 10.0. The monoisotopic (exact) mass is 241 g/mol. The normalized spacial score (nSPS) is 23.2. The lowest BCUT2D eigenvalue weighted by molar-refractivity contribution is -0.123. The van der Waals surface area contributed by atoms with Crippen molar-refractivity contribution in [2.75, 3.05) is 13.2 Å². The molecule has 0 radical (unpaired) electrons. The summed E-state index contributed by atoms with van der Waals surface area (Å²) in [5, 5.41) is 11.9. The third kappa shape index (κ3) is 2.82. The fourth-order valence-electron chi connectivity index (χ4n) is 2.71. The molecular formula is C14H27NO2. The van der Waals surface area contributed by atoms with E-state index < -0.39 is 0 Å². The van der Waals surface area contributed by atoms with Crippen LogP contribution in [0.25, 0.3) is 0 Å². The molecule has 17 heavy (non-hydrogen) atoms. The zero-order valence-corrected chi connectivity index (χ0v) is 11.8. The van der Waals surface area contributed by atoms with Crippen LogP contribution in [0.3, 0.4) is 0 Å². The Labute approximate surface area is 105 Å². The highest BCUT2D eigenvalue weighted by molar-refractivity contribution is 5.84. The van der Waals surface area contributed by atoms with Crippen LogP contribution < -0.4 is 5.32 Å². The van der Waals surface area contributed by atoms with Gasteiger partial charge in [0, 0.05) is 19.1 Å². The molecule has 0 aliphatic heterocycles. The number of carbonyl (C=O) groups is 1. The van der Waals surface area contributed by atoms with Crippen molar-refractivity contribution >= 4 is 5.91 Å². The first-order chi connectivity index (χ1) is 7.75. The van der Waals surface area contributed by atoms with Crippen LogP contribution in [0.1, 0.15) is 47.5 Å². The third-order valence-corrected chi connectivity index (χ3v) is 4.77. The third-order valence-electron chi connectivity index (χ3n) is 4.77. The number of aliphatic hydroxyl groups excluding tert-OH is 1. The van der Waals surface area contributed by atoms with Gasteiger partial charge in [0.15, 0.2) is 0 Å². The van der Waals surface area contributed by atoms with E-state index in [1.54, 1.807) is 0 Å². The summed E-state index contributed by atoms with van der Waals surface area (Å²) in [4.78, 5) is 12.0. The minimum absolute atomic E-state index is 0.121. The molecule has 0 bridgehead atoms. The first-order valence-corrected chi connectivity index (χ1v) is 6.63. The molecule has 0 spiro atoms. The fourth-order valence-corrected chi connectivity index (χ4v) is 2.71. The summed E-state index contributed by atoms with van der Waals surface area (Å²) in [7, 11) is 0. The first-order valence-electron chi connectivity index (χ1n) is 6.63. The molecule has 1 aliphatic rings. The molecule has 3 heteroatoms. The lowest BCUT2D eigenvalue weighted by Gasteiger charge is -2.09.